The lowest BCUT2D eigenvalue weighted by Crippen LogP contribution is -2.41. The summed E-state index contributed by atoms with van der Waals surface area (Å²) in [6, 6.07) is 9.20. The highest BCUT2D eigenvalue weighted by Gasteiger charge is 2.64. The van der Waals surface area contributed by atoms with Crippen LogP contribution in [0.5, 0.6) is 34.5 Å². The van der Waals surface area contributed by atoms with Crippen LogP contribution in [0, 0.1) is 0 Å². The zero-order valence-electron chi connectivity index (χ0n) is 46.9. The molecule has 0 bridgehead atoms. The average Bonchev–Trinajstić information content (AvgIpc) is 3.82. The van der Waals surface area contributed by atoms with Crippen LogP contribution in [0.4, 0.5) is 0 Å². The molecule has 20 nitrogen and oxygen atoms in total. The molecule has 76 heavy (non-hydrogen) atoms. The second-order valence-corrected chi connectivity index (χ2v) is 23.1. The van der Waals surface area contributed by atoms with E-state index in [9.17, 15) is 14.4 Å². The fourth-order valence-electron chi connectivity index (χ4n) is 6.47. The first-order valence-corrected chi connectivity index (χ1v) is 27.1. The van der Waals surface area contributed by atoms with Gasteiger partial charge in [0, 0.05) is 28.5 Å². The van der Waals surface area contributed by atoms with Gasteiger partial charge in [0.05, 0.1) is 113 Å². The number of rotatable bonds is 11. The van der Waals surface area contributed by atoms with Gasteiger partial charge in [0.25, 0.3) is 0 Å². The number of aliphatic hydroxyl groups excluding tert-OH is 1. The van der Waals surface area contributed by atoms with Gasteiger partial charge in [-0.15, -0.1) is 0 Å². The zero-order valence-corrected chi connectivity index (χ0v) is 52.4. The van der Waals surface area contributed by atoms with Gasteiger partial charge < -0.3 is 76.0 Å². The number of carboxylic acid groups (broad SMARTS) is 1. The smallest absolute Gasteiger partial charge is 0.497 e. The van der Waals surface area contributed by atoms with Gasteiger partial charge in [0.2, 0.25) is 9.23 Å². The maximum Gasteiger partial charge on any atom is 0.502 e. The number of carbonyl (C=O) groups is 3. The van der Waals surface area contributed by atoms with Gasteiger partial charge >= 0.3 is 39.0 Å². The van der Waals surface area contributed by atoms with Gasteiger partial charge in [0.1, 0.15) is 43.4 Å². The van der Waals surface area contributed by atoms with E-state index in [0.29, 0.717) is 60.0 Å². The van der Waals surface area contributed by atoms with Crippen LogP contribution in [0.15, 0.2) is 45.3 Å². The van der Waals surface area contributed by atoms with Crippen molar-refractivity contribution in [2.24, 2.45) is 0 Å². The van der Waals surface area contributed by atoms with Gasteiger partial charge in [-0.25, -0.2) is 18.6 Å². The van der Waals surface area contributed by atoms with Crippen molar-refractivity contribution >= 4 is 107 Å². The van der Waals surface area contributed by atoms with Gasteiger partial charge in [-0.05, 0) is 151 Å². The van der Waals surface area contributed by atoms with E-state index in [0.717, 1.165) is 7.11 Å². The second kappa shape index (κ2) is 29.6. The molecule has 0 amide bonds. The summed E-state index contributed by atoms with van der Waals surface area (Å²) in [6.45, 7) is 24.1. The van der Waals surface area contributed by atoms with Gasteiger partial charge in [0.15, 0.2) is 0 Å². The molecule has 6 rings (SSSR count). The molecule has 0 radical (unpaired) electrons. The second-order valence-electron chi connectivity index (χ2n) is 19.0. The lowest BCUT2D eigenvalue weighted by atomic mass is 9.49. The molecular formula is C48H71B3Br2Cl2O20S. The van der Waals surface area contributed by atoms with Gasteiger partial charge in [-0.1, -0.05) is 0 Å². The molecular weight excluding hydrogens is 1190 g/mol. The molecule has 28 heteroatoms. The zero-order chi connectivity index (χ0) is 59.1. The molecule has 0 aromatic heterocycles. The van der Waals surface area contributed by atoms with Gasteiger partial charge in [-0.2, -0.15) is 0 Å². The van der Waals surface area contributed by atoms with E-state index in [4.69, 9.17) is 75.5 Å². The van der Waals surface area contributed by atoms with Crippen molar-refractivity contribution in [3.05, 3.63) is 62.0 Å². The largest absolute Gasteiger partial charge is 0.502 e. The SMILES string of the molecule is CC1(C)OB(B2OC(C)(C)C(C)(C)O2)OC1(C)C.CO.COC(=O)c1cc(OC)c(B2OC(C)(C)C(C)(C)O2)c(OC)c1.COC(=O)c1cc(OC)c(Br)c(OC)c1.COc1cc(C(=O)O)cc(OC)c1Br.O=S(Cl)Cl. The Morgan fingerprint density at radius 3 is 0.882 bits per heavy atom. The van der Waals surface area contributed by atoms with E-state index < -0.39 is 59.5 Å². The number of carbonyl (C=O) groups excluding carboxylic acids is 2. The van der Waals surface area contributed by atoms with Crippen molar-refractivity contribution in [2.75, 3.05) is 64.0 Å². The Morgan fingerprint density at radius 1 is 0.461 bits per heavy atom. The fraction of sp³-hybridized carbons (Fsp3) is 0.562. The Kier molecular flexibility index (Phi) is 27.5. The van der Waals surface area contributed by atoms with Crippen LogP contribution in [0.2, 0.25) is 0 Å². The van der Waals surface area contributed by atoms with Crippen LogP contribution in [-0.2, 0) is 46.6 Å². The topological polar surface area (TPSA) is 238 Å². The summed E-state index contributed by atoms with van der Waals surface area (Å²) in [7, 11) is 18.4. The molecule has 0 unspecified atom stereocenters. The van der Waals surface area contributed by atoms with Crippen LogP contribution >= 0.6 is 53.2 Å². The lowest BCUT2D eigenvalue weighted by Gasteiger charge is -2.32. The number of aromatic carboxylic acids is 1. The van der Waals surface area contributed by atoms with Gasteiger partial charge in [-0.3, -0.25) is 0 Å². The van der Waals surface area contributed by atoms with E-state index in [2.05, 4.69) is 58.0 Å². The normalized spacial score (nSPS) is 17.4. The summed E-state index contributed by atoms with van der Waals surface area (Å²) in [5, 5.41) is 15.8. The molecule has 2 N–H and O–H groups in total. The minimum absolute atomic E-state index is 0.127. The summed E-state index contributed by atoms with van der Waals surface area (Å²) in [4.78, 5) is 33.8. The molecule has 3 aliphatic heterocycles. The molecule has 3 aromatic rings. The average molecular weight is 1260 g/mol. The van der Waals surface area contributed by atoms with E-state index in [1.165, 1.54) is 69.0 Å². The van der Waals surface area contributed by atoms with Crippen molar-refractivity contribution in [1.82, 2.24) is 0 Å². The number of hydrogen-bond acceptors (Lipinski definition) is 19. The molecule has 3 aliphatic rings. The summed E-state index contributed by atoms with van der Waals surface area (Å²) < 4.78 is 86.7. The van der Waals surface area contributed by atoms with E-state index in [1.807, 2.05) is 83.1 Å². The molecule has 426 valence electrons. The Hall–Kier alpha value is -3.53. The molecule has 0 aliphatic carbocycles. The van der Waals surface area contributed by atoms with Crippen LogP contribution < -0.4 is 33.9 Å². The third-order valence-corrected chi connectivity index (χ3v) is 14.3. The third-order valence-electron chi connectivity index (χ3n) is 12.8. The maximum atomic E-state index is 11.8. The van der Waals surface area contributed by atoms with E-state index in [-0.39, 0.29) is 28.0 Å². The standard InChI is InChI=1S/C16H23BO6.C12H24B2O4.C10H11BrO4.C9H9BrO4.CH4O.Cl2OS/c1-15(2)16(3,4)23-17(22-15)13-11(19-5)8-10(14(18)21-7)9-12(13)20-6;1-9(2)10(3,4)16-13(15-9)14-17-11(5,6)12(7,8)18-14;1-13-7-4-6(10(12)15-3)5-8(14-2)9(7)11;1-13-6-3-5(9(11)12)4-7(14-2)8(6)10;1-2;1-4(2)3/h8-9H,1-7H3;1-8H3;4-5H,1-3H3;3-4H,1-2H3,(H,11,12);2H,1H3;. The summed E-state index contributed by atoms with van der Waals surface area (Å²) >= 11 is 6.55. The Labute approximate surface area is 476 Å². The Morgan fingerprint density at radius 2 is 0.671 bits per heavy atom. The number of halogens is 4. The van der Waals surface area contributed by atoms with Crippen molar-refractivity contribution in [2.45, 2.75) is 117 Å². The van der Waals surface area contributed by atoms with Crippen LogP contribution in [0.3, 0.4) is 0 Å². The number of aliphatic hydroxyl groups is 1. The van der Waals surface area contributed by atoms with E-state index in [1.54, 1.807) is 24.3 Å². The molecule has 3 aromatic carbocycles. The predicted molar refractivity (Wildman–Crippen MR) is 300 cm³/mol. The summed E-state index contributed by atoms with van der Waals surface area (Å²) in [5.74, 6) is 0.884. The molecule has 0 saturated carbocycles. The van der Waals surface area contributed by atoms with Crippen LogP contribution in [0.25, 0.3) is 0 Å². The van der Waals surface area contributed by atoms with Crippen molar-refractivity contribution in [3.8, 4) is 34.5 Å². The lowest BCUT2D eigenvalue weighted by molar-refractivity contribution is 0.00578. The fourth-order valence-corrected chi connectivity index (χ4v) is 7.57. The molecule has 3 saturated heterocycles. The number of benzene rings is 3. The number of esters is 2. The monoisotopic (exact) mass is 1260 g/mol. The highest BCUT2D eigenvalue weighted by atomic mass is 79.9. The minimum Gasteiger partial charge on any atom is -0.497 e. The first kappa shape index (κ1) is 70.5. The van der Waals surface area contributed by atoms with Crippen LogP contribution in [-0.4, -0.2) is 151 Å². The number of methoxy groups -OCH3 is 8. The number of ether oxygens (including phenoxy) is 8. The predicted octanol–water partition coefficient (Wildman–Crippen LogP) is 9.11. The molecule has 3 heterocycles. The first-order valence-electron chi connectivity index (χ1n) is 22.8. The highest BCUT2D eigenvalue weighted by Crippen LogP contribution is 2.44. The van der Waals surface area contributed by atoms with Crippen molar-refractivity contribution in [3.63, 3.8) is 0 Å². The Bertz CT molecular complexity index is 2300. The summed E-state index contributed by atoms with van der Waals surface area (Å²) in [6.07, 6.45) is 0. The summed E-state index contributed by atoms with van der Waals surface area (Å²) in [5.41, 5.74) is -0.965. The van der Waals surface area contributed by atoms with E-state index >= 15 is 0 Å². The molecule has 0 spiro atoms. The molecule has 3 fully saturated rings. The minimum atomic E-state index is -1.67. The molecule has 0 atom stereocenters. The van der Waals surface area contributed by atoms with Crippen molar-refractivity contribution in [1.29, 1.82) is 0 Å². The van der Waals surface area contributed by atoms with Crippen LogP contribution in [0.1, 0.15) is 114 Å². The van der Waals surface area contributed by atoms with Crippen molar-refractivity contribution < 1.29 is 94.6 Å². The maximum absolute atomic E-state index is 11.8. The number of carboxylic acids is 1. The first-order chi connectivity index (χ1) is 35.0. The number of hydrogen-bond donors (Lipinski definition) is 2. The quantitative estimate of drug-likeness (QED) is 0.103. The Balaban J connectivity index is 0.000000497. The highest BCUT2D eigenvalue weighted by molar-refractivity contribution is 9.11. The third kappa shape index (κ3) is 18.0.